The molecule has 0 fully saturated rings. The topological polar surface area (TPSA) is 66.8 Å². The molecule has 72 valence electrons. The standard InChI is InChI=1S/C8H16O4/c1-4-5-8(11,6(2)9)7(10)12-3/h6,9,11H,4-5H2,1-3H3. The summed E-state index contributed by atoms with van der Waals surface area (Å²) in [5.41, 5.74) is -1.75. The first-order valence-corrected chi connectivity index (χ1v) is 3.97. The van der Waals surface area contributed by atoms with Gasteiger partial charge >= 0.3 is 5.97 Å². The Kier molecular flexibility index (Phi) is 4.20. The van der Waals surface area contributed by atoms with Crippen LogP contribution in [0.3, 0.4) is 0 Å². The molecule has 0 heterocycles. The van der Waals surface area contributed by atoms with E-state index in [1.54, 1.807) is 0 Å². The number of aliphatic hydroxyl groups excluding tert-OH is 1. The van der Waals surface area contributed by atoms with E-state index in [-0.39, 0.29) is 6.42 Å². The number of hydrogen-bond acceptors (Lipinski definition) is 4. The summed E-state index contributed by atoms with van der Waals surface area (Å²) in [6.07, 6.45) is -0.293. The van der Waals surface area contributed by atoms with Gasteiger partial charge in [0.1, 0.15) is 0 Å². The third kappa shape index (κ3) is 2.19. The van der Waals surface area contributed by atoms with Gasteiger partial charge in [-0.15, -0.1) is 0 Å². The molecule has 2 N–H and O–H groups in total. The lowest BCUT2D eigenvalue weighted by atomic mass is 9.92. The average molecular weight is 176 g/mol. The number of hydrogen-bond donors (Lipinski definition) is 2. The second-order valence-corrected chi connectivity index (χ2v) is 2.84. The monoisotopic (exact) mass is 176 g/mol. The molecule has 12 heavy (non-hydrogen) atoms. The van der Waals surface area contributed by atoms with Gasteiger partial charge in [-0.3, -0.25) is 0 Å². The molecule has 0 rings (SSSR count). The third-order valence-corrected chi connectivity index (χ3v) is 1.86. The van der Waals surface area contributed by atoms with E-state index in [4.69, 9.17) is 5.11 Å². The molecule has 2 atom stereocenters. The van der Waals surface area contributed by atoms with Gasteiger partial charge in [0.05, 0.1) is 13.2 Å². The van der Waals surface area contributed by atoms with Gasteiger partial charge in [0, 0.05) is 0 Å². The Bertz CT molecular complexity index is 155. The lowest BCUT2D eigenvalue weighted by molar-refractivity contribution is -0.175. The second-order valence-electron chi connectivity index (χ2n) is 2.84. The lowest BCUT2D eigenvalue weighted by Crippen LogP contribution is -2.48. The first-order chi connectivity index (χ1) is 5.49. The summed E-state index contributed by atoms with van der Waals surface area (Å²) in [4.78, 5) is 11.0. The number of rotatable bonds is 4. The van der Waals surface area contributed by atoms with Crippen LogP contribution in [0.5, 0.6) is 0 Å². The average Bonchev–Trinajstić information content (AvgIpc) is 2.03. The summed E-state index contributed by atoms with van der Waals surface area (Å²) in [6.45, 7) is 3.18. The number of ether oxygens (including phenoxy) is 1. The highest BCUT2D eigenvalue weighted by atomic mass is 16.5. The molecule has 0 spiro atoms. The number of methoxy groups -OCH3 is 1. The zero-order valence-corrected chi connectivity index (χ0v) is 7.70. The normalized spacial score (nSPS) is 18.1. The SMILES string of the molecule is CCCC(O)(C(=O)OC)C(C)O. The molecule has 0 aromatic rings. The number of aliphatic hydroxyl groups is 2. The van der Waals surface area contributed by atoms with E-state index >= 15 is 0 Å². The van der Waals surface area contributed by atoms with Gasteiger partial charge in [-0.2, -0.15) is 0 Å². The maximum absolute atomic E-state index is 11.0. The highest BCUT2D eigenvalue weighted by Crippen LogP contribution is 2.19. The van der Waals surface area contributed by atoms with Crippen molar-refractivity contribution in [3.63, 3.8) is 0 Å². The van der Waals surface area contributed by atoms with Crippen molar-refractivity contribution >= 4 is 5.97 Å². The molecule has 0 aliphatic rings. The Hall–Kier alpha value is -0.610. The third-order valence-electron chi connectivity index (χ3n) is 1.86. The highest BCUT2D eigenvalue weighted by molar-refractivity contribution is 5.79. The molecule has 0 amide bonds. The molecule has 2 unspecified atom stereocenters. The van der Waals surface area contributed by atoms with Gasteiger partial charge in [0.25, 0.3) is 0 Å². The predicted molar refractivity (Wildman–Crippen MR) is 43.6 cm³/mol. The predicted octanol–water partition coefficient (Wildman–Crippen LogP) is 0.0714. The van der Waals surface area contributed by atoms with Gasteiger partial charge in [-0.1, -0.05) is 13.3 Å². The van der Waals surface area contributed by atoms with Crippen molar-refractivity contribution in [3.05, 3.63) is 0 Å². The van der Waals surface area contributed by atoms with Gasteiger partial charge < -0.3 is 14.9 Å². The van der Waals surface area contributed by atoms with Crippen molar-refractivity contribution in [1.82, 2.24) is 0 Å². The Morgan fingerprint density at radius 2 is 2.17 bits per heavy atom. The molecule has 4 nitrogen and oxygen atoms in total. The van der Waals surface area contributed by atoms with Crippen molar-refractivity contribution in [2.75, 3.05) is 7.11 Å². The summed E-state index contributed by atoms with van der Waals surface area (Å²) in [6, 6.07) is 0. The van der Waals surface area contributed by atoms with Crippen molar-refractivity contribution in [2.45, 2.75) is 38.4 Å². The molecule has 0 aromatic carbocycles. The maximum atomic E-state index is 11.0. The molecule has 0 bridgehead atoms. The van der Waals surface area contributed by atoms with Crippen molar-refractivity contribution < 1.29 is 19.7 Å². The van der Waals surface area contributed by atoms with Crippen molar-refractivity contribution in [2.24, 2.45) is 0 Å². The van der Waals surface area contributed by atoms with Crippen molar-refractivity contribution in [1.29, 1.82) is 0 Å². The van der Waals surface area contributed by atoms with Crippen LogP contribution in [0.1, 0.15) is 26.7 Å². The number of carbonyl (C=O) groups excluding carboxylic acids is 1. The summed E-state index contributed by atoms with van der Waals surface area (Å²) in [7, 11) is 1.19. The minimum Gasteiger partial charge on any atom is -0.467 e. The van der Waals surface area contributed by atoms with Gasteiger partial charge in [-0.05, 0) is 13.3 Å². The van der Waals surface area contributed by atoms with Crippen LogP contribution < -0.4 is 0 Å². The smallest absolute Gasteiger partial charge is 0.340 e. The van der Waals surface area contributed by atoms with E-state index in [1.807, 2.05) is 6.92 Å². The van der Waals surface area contributed by atoms with Gasteiger partial charge in [0.15, 0.2) is 5.60 Å². The first-order valence-electron chi connectivity index (χ1n) is 3.97. The summed E-state index contributed by atoms with van der Waals surface area (Å²) in [5, 5.41) is 18.8. The molecule has 0 saturated carbocycles. The number of esters is 1. The van der Waals surface area contributed by atoms with Crippen LogP contribution in [-0.4, -0.2) is 35.0 Å². The van der Waals surface area contributed by atoms with Crippen molar-refractivity contribution in [3.8, 4) is 0 Å². The van der Waals surface area contributed by atoms with E-state index in [0.29, 0.717) is 6.42 Å². The molecule has 0 radical (unpaired) electrons. The second kappa shape index (κ2) is 4.42. The minimum absolute atomic E-state index is 0.206. The van der Waals surface area contributed by atoms with E-state index in [0.717, 1.165) is 0 Å². The van der Waals surface area contributed by atoms with Crippen LogP contribution in [0.2, 0.25) is 0 Å². The number of carbonyl (C=O) groups is 1. The Morgan fingerprint density at radius 3 is 2.42 bits per heavy atom. The Morgan fingerprint density at radius 1 is 1.67 bits per heavy atom. The summed E-state index contributed by atoms with van der Waals surface area (Å²) >= 11 is 0. The molecule has 0 saturated heterocycles. The molecular formula is C8H16O4. The zero-order chi connectivity index (χ0) is 9.78. The largest absolute Gasteiger partial charge is 0.467 e. The minimum atomic E-state index is -1.75. The molecule has 0 aliphatic heterocycles. The molecule has 0 aromatic heterocycles. The van der Waals surface area contributed by atoms with E-state index in [9.17, 15) is 9.90 Å². The lowest BCUT2D eigenvalue weighted by Gasteiger charge is -2.27. The Labute approximate surface area is 72.2 Å². The van der Waals surface area contributed by atoms with Crippen LogP contribution >= 0.6 is 0 Å². The summed E-state index contributed by atoms with van der Waals surface area (Å²) < 4.78 is 4.38. The van der Waals surface area contributed by atoms with E-state index in [1.165, 1.54) is 14.0 Å². The zero-order valence-electron chi connectivity index (χ0n) is 7.70. The van der Waals surface area contributed by atoms with Crippen LogP contribution in [0, 0.1) is 0 Å². The maximum Gasteiger partial charge on any atom is 0.340 e. The van der Waals surface area contributed by atoms with E-state index < -0.39 is 17.7 Å². The fraction of sp³-hybridized carbons (Fsp3) is 0.875. The highest BCUT2D eigenvalue weighted by Gasteiger charge is 2.41. The van der Waals surface area contributed by atoms with Gasteiger partial charge in [0.2, 0.25) is 0 Å². The quantitative estimate of drug-likeness (QED) is 0.595. The van der Waals surface area contributed by atoms with Crippen LogP contribution in [-0.2, 0) is 9.53 Å². The first kappa shape index (κ1) is 11.4. The molecular weight excluding hydrogens is 160 g/mol. The Balaban J connectivity index is 4.49. The summed E-state index contributed by atoms with van der Waals surface area (Å²) in [5.74, 6) is -0.778. The van der Waals surface area contributed by atoms with Crippen LogP contribution in [0.15, 0.2) is 0 Å². The fourth-order valence-electron chi connectivity index (χ4n) is 1.04. The van der Waals surface area contributed by atoms with Crippen LogP contribution in [0.25, 0.3) is 0 Å². The van der Waals surface area contributed by atoms with Crippen LogP contribution in [0.4, 0.5) is 0 Å². The molecule has 0 aliphatic carbocycles. The van der Waals surface area contributed by atoms with Gasteiger partial charge in [-0.25, -0.2) is 4.79 Å². The van der Waals surface area contributed by atoms with E-state index in [2.05, 4.69) is 4.74 Å². The molecule has 4 heteroatoms. The fourth-order valence-corrected chi connectivity index (χ4v) is 1.04.